The molecule has 0 radical (unpaired) electrons. The zero-order valence-electron chi connectivity index (χ0n) is 16.1. The monoisotopic (exact) mass is 379 g/mol. The van der Waals surface area contributed by atoms with Crippen LogP contribution in [0.15, 0.2) is 29.2 Å². The molecule has 0 aromatic heterocycles. The van der Waals surface area contributed by atoms with Gasteiger partial charge in [0, 0.05) is 5.69 Å². The van der Waals surface area contributed by atoms with Gasteiger partial charge in [-0.1, -0.05) is 45.6 Å². The summed E-state index contributed by atoms with van der Waals surface area (Å²) in [6.45, 7) is 3.92. The van der Waals surface area contributed by atoms with Crippen molar-refractivity contribution in [1.82, 2.24) is 0 Å². The Morgan fingerprint density at radius 1 is 1.04 bits per heavy atom. The minimum Gasteiger partial charge on any atom is -0.744 e. The molecule has 0 aliphatic heterocycles. The normalized spacial score (nSPS) is 13.7. The third-order valence-corrected chi connectivity index (χ3v) is 5.23. The molecule has 0 saturated carbocycles. The van der Waals surface area contributed by atoms with Gasteiger partial charge in [0.1, 0.15) is 10.1 Å². The van der Waals surface area contributed by atoms with Crippen molar-refractivity contribution in [3.05, 3.63) is 24.3 Å². The number of benzene rings is 1. The van der Waals surface area contributed by atoms with Crippen LogP contribution < -0.4 is 23.8 Å². The average Bonchev–Trinajstić information content (AvgIpc) is 2.60. The van der Waals surface area contributed by atoms with Gasteiger partial charge in [0.05, 0.1) is 30.2 Å². The Balaban J connectivity index is 0.00000625. The van der Waals surface area contributed by atoms with E-state index in [0.717, 1.165) is 38.5 Å². The van der Waals surface area contributed by atoms with E-state index in [1.807, 2.05) is 4.90 Å². The van der Waals surface area contributed by atoms with Gasteiger partial charge in [-0.15, -0.1) is 0 Å². The zero-order chi connectivity index (χ0) is 18.9. The van der Waals surface area contributed by atoms with Crippen LogP contribution in [-0.2, 0) is 10.1 Å². The minimum absolute atomic E-state index is 0. The first-order valence-electron chi connectivity index (χ1n) is 8.95. The van der Waals surface area contributed by atoms with E-state index in [2.05, 4.69) is 13.8 Å². The van der Waals surface area contributed by atoms with Gasteiger partial charge in [0.15, 0.2) is 0 Å². The first-order chi connectivity index (χ1) is 11.9. The summed E-state index contributed by atoms with van der Waals surface area (Å²) in [6.07, 6.45) is 5.21. The molecule has 0 aliphatic carbocycles. The van der Waals surface area contributed by atoms with E-state index in [0.29, 0.717) is 5.69 Å². The summed E-state index contributed by atoms with van der Waals surface area (Å²) in [5.41, 5.74) is 0.544. The molecule has 0 spiro atoms. The van der Waals surface area contributed by atoms with Gasteiger partial charge in [0.2, 0.25) is 0 Å². The Kier molecular flexibility index (Phi) is 12.5. The van der Waals surface area contributed by atoms with Gasteiger partial charge in [-0.3, -0.25) is 0 Å². The standard InChI is InChI=1S/C18H31NO5S.Li/c1-3-5-8-16(13-20)19(17(14-21)9-6-4-2)15-10-7-11-18(12-15)25(22,23)24;/h7,10-12,16-17,20-21H,3-6,8-9,13-14H2,1-2H3,(H,22,23,24);/q;+1/p-1. The number of aliphatic hydroxyl groups is 2. The fraction of sp³-hybridized carbons (Fsp3) is 0.667. The number of aliphatic hydroxyl groups excluding tert-OH is 2. The van der Waals surface area contributed by atoms with Gasteiger partial charge in [-0.25, -0.2) is 8.42 Å². The van der Waals surface area contributed by atoms with Crippen LogP contribution in [0.4, 0.5) is 5.69 Å². The van der Waals surface area contributed by atoms with Crippen LogP contribution in [0.25, 0.3) is 0 Å². The summed E-state index contributed by atoms with van der Waals surface area (Å²) in [5.74, 6) is 0. The Labute approximate surface area is 169 Å². The molecule has 2 unspecified atom stereocenters. The molecule has 6 nitrogen and oxygen atoms in total. The average molecular weight is 379 g/mol. The predicted octanol–water partition coefficient (Wildman–Crippen LogP) is -0.497. The van der Waals surface area contributed by atoms with Crippen LogP contribution in [0.5, 0.6) is 0 Å². The van der Waals surface area contributed by atoms with E-state index in [1.54, 1.807) is 6.07 Å². The van der Waals surface area contributed by atoms with Crippen molar-refractivity contribution >= 4 is 15.8 Å². The van der Waals surface area contributed by atoms with E-state index < -0.39 is 10.1 Å². The number of rotatable bonds is 12. The van der Waals surface area contributed by atoms with Crippen LogP contribution in [0, 0.1) is 0 Å². The number of anilines is 1. The third-order valence-electron chi connectivity index (χ3n) is 4.39. The van der Waals surface area contributed by atoms with Crippen molar-refractivity contribution < 1.29 is 42.0 Å². The Hall–Kier alpha value is -0.553. The summed E-state index contributed by atoms with van der Waals surface area (Å²) in [5, 5.41) is 19.8. The predicted molar refractivity (Wildman–Crippen MR) is 97.7 cm³/mol. The summed E-state index contributed by atoms with van der Waals surface area (Å²) < 4.78 is 34.1. The van der Waals surface area contributed by atoms with E-state index in [-0.39, 0.29) is 49.1 Å². The van der Waals surface area contributed by atoms with Crippen molar-refractivity contribution in [2.24, 2.45) is 0 Å². The second-order valence-corrected chi connectivity index (χ2v) is 7.70. The quantitative estimate of drug-likeness (QED) is 0.375. The molecular formula is C18H30LiNO5S. The number of nitrogens with zero attached hydrogens (tertiary/aromatic N) is 1. The molecule has 1 rings (SSSR count). The maximum absolute atomic E-state index is 11.4. The van der Waals surface area contributed by atoms with Crippen LogP contribution in [0.1, 0.15) is 52.4 Å². The first-order valence-corrected chi connectivity index (χ1v) is 10.4. The van der Waals surface area contributed by atoms with Crippen LogP contribution in [0.2, 0.25) is 0 Å². The first kappa shape index (κ1) is 25.4. The Bertz CT molecular complexity index is 595. The second kappa shape index (κ2) is 12.8. The third kappa shape index (κ3) is 7.59. The van der Waals surface area contributed by atoms with E-state index >= 15 is 0 Å². The topological polar surface area (TPSA) is 101 Å². The van der Waals surface area contributed by atoms with Gasteiger partial charge >= 0.3 is 18.9 Å². The molecule has 0 saturated heterocycles. The van der Waals surface area contributed by atoms with Crippen molar-refractivity contribution in [3.8, 4) is 0 Å². The van der Waals surface area contributed by atoms with Crippen LogP contribution >= 0.6 is 0 Å². The van der Waals surface area contributed by atoms with Gasteiger partial charge < -0.3 is 19.7 Å². The zero-order valence-corrected chi connectivity index (χ0v) is 16.9. The largest absolute Gasteiger partial charge is 1.00 e. The molecule has 144 valence electrons. The van der Waals surface area contributed by atoms with Crippen molar-refractivity contribution in [2.45, 2.75) is 69.4 Å². The molecule has 2 atom stereocenters. The number of hydrogen-bond donors (Lipinski definition) is 2. The van der Waals surface area contributed by atoms with Crippen molar-refractivity contribution in [2.75, 3.05) is 18.1 Å². The van der Waals surface area contributed by atoms with E-state index in [4.69, 9.17) is 0 Å². The molecule has 0 amide bonds. The van der Waals surface area contributed by atoms with Gasteiger partial charge in [0.25, 0.3) is 0 Å². The molecular weight excluding hydrogens is 349 g/mol. The Morgan fingerprint density at radius 3 is 1.92 bits per heavy atom. The van der Waals surface area contributed by atoms with Crippen molar-refractivity contribution in [1.29, 1.82) is 0 Å². The molecule has 8 heteroatoms. The molecule has 1 aromatic carbocycles. The molecule has 2 N–H and O–H groups in total. The van der Waals surface area contributed by atoms with Gasteiger partial charge in [-0.05, 0) is 31.0 Å². The maximum atomic E-state index is 11.4. The minimum atomic E-state index is -4.56. The van der Waals surface area contributed by atoms with E-state index in [9.17, 15) is 23.2 Å². The van der Waals surface area contributed by atoms with Crippen molar-refractivity contribution in [3.63, 3.8) is 0 Å². The van der Waals surface area contributed by atoms with Crippen LogP contribution in [-0.4, -0.2) is 48.5 Å². The molecule has 0 aliphatic rings. The number of hydrogen-bond acceptors (Lipinski definition) is 6. The smallest absolute Gasteiger partial charge is 0.744 e. The summed E-state index contributed by atoms with van der Waals surface area (Å²) in [7, 11) is -4.56. The molecule has 26 heavy (non-hydrogen) atoms. The molecule has 1 aromatic rings. The molecule has 0 bridgehead atoms. The van der Waals surface area contributed by atoms with Crippen LogP contribution in [0.3, 0.4) is 0 Å². The van der Waals surface area contributed by atoms with E-state index in [1.165, 1.54) is 18.2 Å². The fourth-order valence-electron chi connectivity index (χ4n) is 3.04. The second-order valence-electron chi connectivity index (χ2n) is 6.32. The maximum Gasteiger partial charge on any atom is 1.00 e. The summed E-state index contributed by atoms with van der Waals surface area (Å²) in [6, 6.07) is 5.38. The number of unbranched alkanes of at least 4 members (excludes halogenated alkanes) is 2. The fourth-order valence-corrected chi connectivity index (χ4v) is 3.55. The Morgan fingerprint density at radius 2 is 1.54 bits per heavy atom. The SMILES string of the molecule is CCCCC(CO)N(c1cccc(S(=O)(=O)[O-])c1)C(CO)CCCC.[Li+]. The summed E-state index contributed by atoms with van der Waals surface area (Å²) >= 11 is 0. The summed E-state index contributed by atoms with van der Waals surface area (Å²) in [4.78, 5) is 1.59. The molecule has 0 fully saturated rings. The molecule has 0 heterocycles. The van der Waals surface area contributed by atoms with Gasteiger partial charge in [-0.2, -0.15) is 0 Å².